The number of benzene rings is 1. The minimum Gasteiger partial charge on any atom is -0.382 e. The number of aromatic nitrogens is 2. The quantitative estimate of drug-likeness (QED) is 0.737. The molecule has 1 aromatic carbocycles. The predicted octanol–water partition coefficient (Wildman–Crippen LogP) is 4.41. The first kappa shape index (κ1) is 13.7. The highest BCUT2D eigenvalue weighted by Gasteiger charge is 2.31. The lowest BCUT2D eigenvalue weighted by Gasteiger charge is -2.08. The third-order valence-electron chi connectivity index (χ3n) is 3.04. The van der Waals surface area contributed by atoms with E-state index in [4.69, 9.17) is 5.73 Å². The van der Waals surface area contributed by atoms with Crippen LogP contribution in [0.4, 0.5) is 19.0 Å². The topological polar surface area (TPSA) is 54.7 Å². The number of nitrogens with one attached hydrogen (secondary N) is 1. The number of H-pyrrole nitrogens is 1. The molecule has 0 atom stereocenters. The van der Waals surface area contributed by atoms with Crippen LogP contribution < -0.4 is 5.73 Å². The Labute approximate surface area is 122 Å². The van der Waals surface area contributed by atoms with E-state index in [0.29, 0.717) is 16.8 Å². The van der Waals surface area contributed by atoms with Gasteiger partial charge in [-0.15, -0.1) is 11.3 Å². The van der Waals surface area contributed by atoms with Gasteiger partial charge < -0.3 is 5.73 Å². The summed E-state index contributed by atoms with van der Waals surface area (Å²) in [5.41, 5.74) is 6.65. The average Bonchev–Trinajstić information content (AvgIpc) is 3.06. The molecule has 0 aliphatic carbocycles. The summed E-state index contributed by atoms with van der Waals surface area (Å²) in [7, 11) is 0. The van der Waals surface area contributed by atoms with Crippen molar-refractivity contribution in [2.75, 3.05) is 5.73 Å². The molecule has 3 nitrogen and oxygen atoms in total. The molecule has 0 bridgehead atoms. The summed E-state index contributed by atoms with van der Waals surface area (Å²) in [6, 6.07) is 8.79. The predicted molar refractivity (Wildman–Crippen MR) is 76.8 cm³/mol. The molecule has 2 aromatic heterocycles. The number of alkyl halides is 3. The highest BCUT2D eigenvalue weighted by molar-refractivity contribution is 7.13. The second-order valence-corrected chi connectivity index (χ2v) is 5.36. The van der Waals surface area contributed by atoms with Crippen LogP contribution in [0.25, 0.3) is 21.7 Å². The molecule has 0 unspecified atom stereocenters. The van der Waals surface area contributed by atoms with Crippen molar-refractivity contribution in [2.45, 2.75) is 6.18 Å². The number of hydrogen-bond acceptors (Lipinski definition) is 3. The molecule has 0 aliphatic rings. The number of aromatic amines is 1. The highest BCUT2D eigenvalue weighted by atomic mass is 32.1. The zero-order valence-corrected chi connectivity index (χ0v) is 11.4. The molecule has 21 heavy (non-hydrogen) atoms. The van der Waals surface area contributed by atoms with Crippen LogP contribution in [-0.2, 0) is 6.18 Å². The van der Waals surface area contributed by atoms with E-state index in [-0.39, 0.29) is 5.82 Å². The second kappa shape index (κ2) is 4.92. The minimum absolute atomic E-state index is 0.268. The van der Waals surface area contributed by atoms with Crippen molar-refractivity contribution < 1.29 is 13.2 Å². The van der Waals surface area contributed by atoms with Crippen molar-refractivity contribution in [3.05, 3.63) is 47.3 Å². The maximum Gasteiger partial charge on any atom is 0.416 e. The average molecular weight is 309 g/mol. The summed E-state index contributed by atoms with van der Waals surface area (Å²) in [6.07, 6.45) is -4.38. The van der Waals surface area contributed by atoms with Crippen LogP contribution in [0.1, 0.15) is 5.56 Å². The van der Waals surface area contributed by atoms with Gasteiger partial charge in [0.2, 0.25) is 0 Å². The summed E-state index contributed by atoms with van der Waals surface area (Å²) in [6.45, 7) is 0. The fraction of sp³-hybridized carbons (Fsp3) is 0.0714. The zero-order valence-electron chi connectivity index (χ0n) is 10.6. The largest absolute Gasteiger partial charge is 0.416 e. The highest BCUT2D eigenvalue weighted by Crippen LogP contribution is 2.38. The van der Waals surface area contributed by atoms with Crippen LogP contribution in [0.2, 0.25) is 0 Å². The first-order valence-electron chi connectivity index (χ1n) is 6.02. The molecule has 3 N–H and O–H groups in total. The number of rotatable bonds is 2. The van der Waals surface area contributed by atoms with Gasteiger partial charge in [0.15, 0.2) is 5.82 Å². The SMILES string of the molecule is Nc1n[nH]c(-c2cccc(C(F)(F)F)c2)c1-c1cccs1. The lowest BCUT2D eigenvalue weighted by Crippen LogP contribution is -2.04. The lowest BCUT2D eigenvalue weighted by atomic mass is 10.0. The number of nitrogens with zero attached hydrogens (tertiary/aromatic N) is 1. The molecule has 0 radical (unpaired) electrons. The van der Waals surface area contributed by atoms with Gasteiger partial charge in [-0.3, -0.25) is 5.10 Å². The van der Waals surface area contributed by atoms with Crippen molar-refractivity contribution in [3.8, 4) is 21.7 Å². The van der Waals surface area contributed by atoms with E-state index in [9.17, 15) is 13.2 Å². The van der Waals surface area contributed by atoms with Crippen molar-refractivity contribution >= 4 is 17.2 Å². The normalized spacial score (nSPS) is 11.8. The second-order valence-electron chi connectivity index (χ2n) is 4.41. The van der Waals surface area contributed by atoms with E-state index in [1.165, 1.54) is 17.4 Å². The smallest absolute Gasteiger partial charge is 0.382 e. The fourth-order valence-corrected chi connectivity index (χ4v) is 2.87. The van der Waals surface area contributed by atoms with Crippen molar-refractivity contribution in [1.82, 2.24) is 10.2 Å². The number of nitrogen functional groups attached to an aromatic ring is 1. The molecule has 0 aliphatic heterocycles. The molecule has 0 spiro atoms. The van der Waals surface area contributed by atoms with Crippen molar-refractivity contribution in [1.29, 1.82) is 0 Å². The van der Waals surface area contributed by atoms with Gasteiger partial charge in [0.25, 0.3) is 0 Å². The zero-order chi connectivity index (χ0) is 15.0. The Bertz CT molecular complexity index is 760. The fourth-order valence-electron chi connectivity index (χ4n) is 2.09. The number of hydrogen-bond donors (Lipinski definition) is 2. The van der Waals surface area contributed by atoms with Crippen molar-refractivity contribution in [3.63, 3.8) is 0 Å². The van der Waals surface area contributed by atoms with E-state index in [1.54, 1.807) is 6.07 Å². The first-order chi connectivity index (χ1) is 9.97. The van der Waals surface area contributed by atoms with Gasteiger partial charge in [-0.2, -0.15) is 18.3 Å². The first-order valence-corrected chi connectivity index (χ1v) is 6.90. The Morgan fingerprint density at radius 1 is 1.14 bits per heavy atom. The molecule has 3 rings (SSSR count). The Hall–Kier alpha value is -2.28. The minimum atomic E-state index is -4.38. The number of thiophene rings is 1. The summed E-state index contributed by atoms with van der Waals surface area (Å²) < 4.78 is 38.4. The molecule has 108 valence electrons. The van der Waals surface area contributed by atoms with Crippen LogP contribution in [0.5, 0.6) is 0 Å². The van der Waals surface area contributed by atoms with Gasteiger partial charge in [-0.05, 0) is 23.6 Å². The van der Waals surface area contributed by atoms with E-state index >= 15 is 0 Å². The van der Waals surface area contributed by atoms with E-state index in [2.05, 4.69) is 10.2 Å². The Kier molecular flexibility index (Phi) is 3.21. The Morgan fingerprint density at radius 3 is 2.62 bits per heavy atom. The van der Waals surface area contributed by atoms with Gasteiger partial charge in [-0.1, -0.05) is 18.2 Å². The molecule has 0 saturated carbocycles. The molecule has 0 amide bonds. The molecule has 3 aromatic rings. The molecule has 7 heteroatoms. The van der Waals surface area contributed by atoms with E-state index in [1.807, 2.05) is 17.5 Å². The molecular formula is C14H10F3N3S. The van der Waals surface area contributed by atoms with Crippen LogP contribution in [0.15, 0.2) is 41.8 Å². The number of halogens is 3. The van der Waals surface area contributed by atoms with Gasteiger partial charge in [-0.25, -0.2) is 0 Å². The molecule has 0 saturated heterocycles. The number of anilines is 1. The number of nitrogens with two attached hydrogens (primary N) is 1. The molecule has 2 heterocycles. The van der Waals surface area contributed by atoms with E-state index < -0.39 is 11.7 Å². The monoisotopic (exact) mass is 309 g/mol. The van der Waals surface area contributed by atoms with Crippen LogP contribution in [0, 0.1) is 0 Å². The van der Waals surface area contributed by atoms with Gasteiger partial charge in [0.1, 0.15) is 0 Å². The maximum atomic E-state index is 12.8. The third-order valence-corrected chi connectivity index (χ3v) is 3.93. The summed E-state index contributed by atoms with van der Waals surface area (Å²) in [5.74, 6) is 0.268. The maximum absolute atomic E-state index is 12.8. The van der Waals surface area contributed by atoms with E-state index in [0.717, 1.165) is 17.0 Å². The van der Waals surface area contributed by atoms with Crippen LogP contribution in [-0.4, -0.2) is 10.2 Å². The third kappa shape index (κ3) is 2.52. The summed E-state index contributed by atoms with van der Waals surface area (Å²) in [4.78, 5) is 0.855. The van der Waals surface area contributed by atoms with Crippen molar-refractivity contribution in [2.24, 2.45) is 0 Å². The summed E-state index contributed by atoms with van der Waals surface area (Å²) >= 11 is 1.45. The standard InChI is InChI=1S/C14H10F3N3S/c15-14(16,17)9-4-1-3-8(7-9)12-11(13(18)20-19-12)10-5-2-6-21-10/h1-7H,(H3,18,19,20). The van der Waals surface area contributed by atoms with Gasteiger partial charge in [0, 0.05) is 10.4 Å². The summed E-state index contributed by atoms with van der Waals surface area (Å²) in [5, 5.41) is 8.51. The molecular weight excluding hydrogens is 299 g/mol. The Morgan fingerprint density at radius 2 is 1.95 bits per heavy atom. The lowest BCUT2D eigenvalue weighted by molar-refractivity contribution is -0.137. The molecule has 0 fully saturated rings. The van der Waals surface area contributed by atoms with Gasteiger partial charge in [0.05, 0.1) is 16.8 Å². The van der Waals surface area contributed by atoms with Crippen LogP contribution in [0.3, 0.4) is 0 Å². The Balaban J connectivity index is 2.15. The van der Waals surface area contributed by atoms with Crippen LogP contribution >= 0.6 is 11.3 Å². The van der Waals surface area contributed by atoms with Gasteiger partial charge >= 0.3 is 6.18 Å².